The lowest BCUT2D eigenvalue weighted by Crippen LogP contribution is -2.32. The molecule has 0 N–H and O–H groups in total. The van der Waals surface area contributed by atoms with Gasteiger partial charge in [0, 0.05) is 6.08 Å². The van der Waals surface area contributed by atoms with E-state index in [0.29, 0.717) is 16.9 Å². The Morgan fingerprint density at radius 3 is 2.36 bits per heavy atom. The van der Waals surface area contributed by atoms with Crippen LogP contribution < -0.4 is 4.74 Å². The summed E-state index contributed by atoms with van der Waals surface area (Å²) in [6.07, 6.45) is 2.79. The van der Waals surface area contributed by atoms with E-state index in [4.69, 9.17) is 9.47 Å². The number of amides is 2. The van der Waals surface area contributed by atoms with Gasteiger partial charge >= 0.3 is 5.97 Å². The fourth-order valence-corrected chi connectivity index (χ4v) is 2.44. The molecule has 25 heavy (non-hydrogen) atoms. The van der Waals surface area contributed by atoms with Crippen molar-refractivity contribution in [3.05, 3.63) is 71.3 Å². The standard InChI is InChI=1S/C19H15NO5/c1-24-14-6-4-5-13(11-14)9-10-17(21)25-12-20-18(22)15-7-2-3-8-16(15)19(20)23/h2-11H,12H2,1H3. The molecule has 0 fully saturated rings. The number of carbonyl (C=O) groups excluding carboxylic acids is 3. The van der Waals surface area contributed by atoms with E-state index < -0.39 is 24.5 Å². The summed E-state index contributed by atoms with van der Waals surface area (Å²) < 4.78 is 10.1. The molecule has 1 heterocycles. The van der Waals surface area contributed by atoms with Crippen molar-refractivity contribution in [2.45, 2.75) is 0 Å². The van der Waals surface area contributed by atoms with E-state index in [-0.39, 0.29) is 0 Å². The Labute approximate surface area is 144 Å². The molecule has 126 valence electrons. The molecule has 6 heteroatoms. The Morgan fingerprint density at radius 1 is 1.04 bits per heavy atom. The van der Waals surface area contributed by atoms with E-state index in [1.54, 1.807) is 61.7 Å². The van der Waals surface area contributed by atoms with Crippen molar-refractivity contribution in [1.29, 1.82) is 0 Å². The van der Waals surface area contributed by atoms with Gasteiger partial charge in [-0.1, -0.05) is 24.3 Å². The topological polar surface area (TPSA) is 72.9 Å². The van der Waals surface area contributed by atoms with Gasteiger partial charge in [0.1, 0.15) is 5.75 Å². The highest BCUT2D eigenvalue weighted by Crippen LogP contribution is 2.22. The molecular weight excluding hydrogens is 322 g/mol. The second-order valence-electron chi connectivity index (χ2n) is 5.29. The number of rotatable bonds is 5. The van der Waals surface area contributed by atoms with Gasteiger partial charge in [0.25, 0.3) is 11.8 Å². The van der Waals surface area contributed by atoms with Gasteiger partial charge in [-0.05, 0) is 35.9 Å². The molecule has 0 saturated heterocycles. The SMILES string of the molecule is COc1cccc(C=CC(=O)OCN2C(=O)c3ccccc3C2=O)c1. The number of hydrogen-bond donors (Lipinski definition) is 0. The van der Waals surface area contributed by atoms with E-state index in [9.17, 15) is 14.4 Å². The Balaban J connectivity index is 1.60. The van der Waals surface area contributed by atoms with Gasteiger partial charge in [-0.15, -0.1) is 0 Å². The number of methoxy groups -OCH3 is 1. The van der Waals surface area contributed by atoms with Crippen LogP contribution in [0.25, 0.3) is 6.08 Å². The molecule has 2 aromatic carbocycles. The molecule has 2 amide bonds. The molecule has 0 bridgehead atoms. The quantitative estimate of drug-likeness (QED) is 0.476. The van der Waals surface area contributed by atoms with Crippen molar-refractivity contribution < 1.29 is 23.9 Å². The molecule has 0 radical (unpaired) electrons. The summed E-state index contributed by atoms with van der Waals surface area (Å²) in [5.74, 6) is -0.920. The Kier molecular flexibility index (Phi) is 4.61. The van der Waals surface area contributed by atoms with Crippen molar-refractivity contribution in [3.63, 3.8) is 0 Å². The average molecular weight is 337 g/mol. The highest BCUT2D eigenvalue weighted by Gasteiger charge is 2.35. The molecule has 0 aromatic heterocycles. The van der Waals surface area contributed by atoms with Crippen LogP contribution in [0.15, 0.2) is 54.6 Å². The van der Waals surface area contributed by atoms with Gasteiger partial charge in [0.2, 0.25) is 0 Å². The van der Waals surface area contributed by atoms with Crippen molar-refractivity contribution in [2.75, 3.05) is 13.8 Å². The molecule has 1 aliphatic heterocycles. The number of hydrogen-bond acceptors (Lipinski definition) is 5. The largest absolute Gasteiger partial charge is 0.497 e. The van der Waals surface area contributed by atoms with E-state index in [2.05, 4.69) is 0 Å². The summed E-state index contributed by atoms with van der Waals surface area (Å²) in [6.45, 7) is -0.423. The van der Waals surface area contributed by atoms with Gasteiger partial charge < -0.3 is 9.47 Å². The highest BCUT2D eigenvalue weighted by molar-refractivity contribution is 6.21. The second kappa shape index (κ2) is 7.00. The molecule has 1 aliphatic rings. The van der Waals surface area contributed by atoms with Gasteiger partial charge in [0.05, 0.1) is 18.2 Å². The monoisotopic (exact) mass is 337 g/mol. The third-order valence-electron chi connectivity index (χ3n) is 3.72. The van der Waals surface area contributed by atoms with Crippen molar-refractivity contribution in [1.82, 2.24) is 4.90 Å². The van der Waals surface area contributed by atoms with Crippen LogP contribution in [0, 0.1) is 0 Å². The number of imide groups is 1. The van der Waals surface area contributed by atoms with Crippen molar-refractivity contribution in [3.8, 4) is 5.75 Å². The molecule has 0 spiro atoms. The van der Waals surface area contributed by atoms with Crippen molar-refractivity contribution >= 4 is 23.9 Å². The minimum Gasteiger partial charge on any atom is -0.497 e. The minimum absolute atomic E-state index is 0.315. The fraction of sp³-hybridized carbons (Fsp3) is 0.105. The number of carbonyl (C=O) groups is 3. The Bertz CT molecular complexity index is 837. The van der Waals surface area contributed by atoms with E-state index in [1.165, 1.54) is 6.08 Å². The summed E-state index contributed by atoms with van der Waals surface area (Å²) in [4.78, 5) is 37.0. The van der Waals surface area contributed by atoms with Crippen LogP contribution in [0.2, 0.25) is 0 Å². The van der Waals surface area contributed by atoms with Gasteiger partial charge in [-0.3, -0.25) is 9.59 Å². The van der Waals surface area contributed by atoms with Crippen molar-refractivity contribution in [2.24, 2.45) is 0 Å². The van der Waals surface area contributed by atoms with Crippen LogP contribution in [0.3, 0.4) is 0 Å². The Morgan fingerprint density at radius 2 is 1.72 bits per heavy atom. The first kappa shape index (κ1) is 16.4. The number of esters is 1. The molecule has 6 nitrogen and oxygen atoms in total. The molecule has 3 rings (SSSR count). The first-order valence-corrected chi connectivity index (χ1v) is 7.54. The first-order chi connectivity index (χ1) is 12.1. The maximum atomic E-state index is 12.2. The van der Waals surface area contributed by atoms with E-state index in [1.807, 2.05) is 0 Å². The molecule has 2 aromatic rings. The fourth-order valence-electron chi connectivity index (χ4n) is 2.44. The highest BCUT2D eigenvalue weighted by atomic mass is 16.5. The lowest BCUT2D eigenvalue weighted by Gasteiger charge is -2.12. The summed E-state index contributed by atoms with van der Waals surface area (Å²) in [5.41, 5.74) is 1.39. The lowest BCUT2D eigenvalue weighted by atomic mass is 10.1. The Hall–Kier alpha value is -3.41. The lowest BCUT2D eigenvalue weighted by molar-refractivity contribution is -0.140. The van der Waals surface area contributed by atoms with Crippen LogP contribution in [-0.2, 0) is 9.53 Å². The van der Waals surface area contributed by atoms with Gasteiger partial charge in [-0.2, -0.15) is 0 Å². The number of ether oxygens (including phenoxy) is 2. The maximum Gasteiger partial charge on any atom is 0.332 e. The zero-order chi connectivity index (χ0) is 17.8. The summed E-state index contributed by atoms with van der Waals surface area (Å²) >= 11 is 0. The minimum atomic E-state index is -0.653. The third-order valence-corrected chi connectivity index (χ3v) is 3.72. The summed E-state index contributed by atoms with van der Waals surface area (Å²) in [7, 11) is 1.55. The number of nitrogens with zero attached hydrogens (tertiary/aromatic N) is 1. The number of benzene rings is 2. The molecule has 0 saturated carbocycles. The first-order valence-electron chi connectivity index (χ1n) is 7.54. The number of fused-ring (bicyclic) bond motifs is 1. The van der Waals surface area contributed by atoms with Crippen LogP contribution >= 0.6 is 0 Å². The van der Waals surface area contributed by atoms with Crippen LogP contribution in [-0.4, -0.2) is 36.5 Å². The zero-order valence-electron chi connectivity index (χ0n) is 13.5. The second-order valence-corrected chi connectivity index (χ2v) is 5.29. The predicted molar refractivity (Wildman–Crippen MR) is 89.9 cm³/mol. The molecule has 0 unspecified atom stereocenters. The van der Waals surface area contributed by atoms with Crippen LogP contribution in [0.4, 0.5) is 0 Å². The predicted octanol–water partition coefficient (Wildman–Crippen LogP) is 2.51. The summed E-state index contributed by atoms with van der Waals surface area (Å²) in [6, 6.07) is 13.6. The molecule has 0 atom stereocenters. The van der Waals surface area contributed by atoms with Gasteiger partial charge in [0.15, 0.2) is 6.73 Å². The third kappa shape index (κ3) is 3.42. The molecular formula is C19H15NO5. The van der Waals surface area contributed by atoms with E-state index in [0.717, 1.165) is 10.5 Å². The van der Waals surface area contributed by atoms with Crippen LogP contribution in [0.1, 0.15) is 26.3 Å². The van der Waals surface area contributed by atoms with Crippen LogP contribution in [0.5, 0.6) is 5.75 Å². The maximum absolute atomic E-state index is 12.2. The molecule has 0 aliphatic carbocycles. The smallest absolute Gasteiger partial charge is 0.332 e. The normalized spacial score (nSPS) is 13.2. The summed E-state index contributed by atoms with van der Waals surface area (Å²) in [5, 5.41) is 0. The average Bonchev–Trinajstić information content (AvgIpc) is 2.89. The zero-order valence-corrected chi connectivity index (χ0v) is 13.5. The van der Waals surface area contributed by atoms with Gasteiger partial charge in [-0.25, -0.2) is 9.69 Å². The van der Waals surface area contributed by atoms with E-state index >= 15 is 0 Å².